The van der Waals surface area contributed by atoms with Gasteiger partial charge in [0.15, 0.2) is 0 Å². The van der Waals surface area contributed by atoms with Crippen LogP contribution in [-0.4, -0.2) is 61.6 Å². The lowest BCUT2D eigenvalue weighted by Crippen LogP contribution is -2.40. The molecule has 2 fully saturated rings. The molecule has 3 aliphatic rings. The van der Waals surface area contributed by atoms with Gasteiger partial charge in [-0.15, -0.1) is 0 Å². The summed E-state index contributed by atoms with van der Waals surface area (Å²) < 4.78 is 6.81. The average molecular weight is 452 g/mol. The van der Waals surface area contributed by atoms with E-state index in [2.05, 4.69) is 34.8 Å². The lowest BCUT2D eigenvalue weighted by Gasteiger charge is -2.37. The number of carbonyl (C=O) groups excluding carboxylic acids is 1. The first-order valence-corrected chi connectivity index (χ1v) is 12.0. The van der Waals surface area contributed by atoms with Crippen LogP contribution in [0, 0.1) is 5.41 Å². The molecular weight excluding hydrogens is 418 g/mol. The summed E-state index contributed by atoms with van der Waals surface area (Å²) in [5, 5.41) is 4.56. The molecule has 0 unspecified atom stereocenters. The van der Waals surface area contributed by atoms with Crippen LogP contribution >= 0.6 is 0 Å². The molecule has 33 heavy (non-hydrogen) atoms. The van der Waals surface area contributed by atoms with Crippen LogP contribution < -0.4 is 20.3 Å². The number of rotatable bonds is 4. The highest BCUT2D eigenvalue weighted by atomic mass is 16.5. The summed E-state index contributed by atoms with van der Waals surface area (Å²) in [7, 11) is 0. The molecular formula is C25H33N5O3. The predicted octanol–water partition coefficient (Wildman–Crippen LogP) is 2.30. The number of morpholine rings is 1. The Morgan fingerprint density at radius 2 is 1.70 bits per heavy atom. The average Bonchev–Trinajstić information content (AvgIpc) is 3.26. The number of fused-ring (bicyclic) bond motifs is 1. The largest absolute Gasteiger partial charge is 0.378 e. The molecule has 176 valence electrons. The summed E-state index contributed by atoms with van der Waals surface area (Å²) in [6.07, 6.45) is 2.99. The molecule has 3 aliphatic heterocycles. The third-order valence-electron chi connectivity index (χ3n) is 7.23. The first-order chi connectivity index (χ1) is 15.9. The van der Waals surface area contributed by atoms with E-state index in [1.165, 1.54) is 22.0 Å². The molecule has 4 heterocycles. The molecule has 2 aromatic rings. The molecule has 0 atom stereocenters. The maximum absolute atomic E-state index is 13.3. The number of nitrogens with zero attached hydrogens (tertiary/aromatic N) is 5. The van der Waals surface area contributed by atoms with Crippen LogP contribution in [0.2, 0.25) is 0 Å². The molecule has 8 heteroatoms. The summed E-state index contributed by atoms with van der Waals surface area (Å²) in [6, 6.07) is 9.46. The lowest BCUT2D eigenvalue weighted by molar-refractivity contribution is -0.119. The van der Waals surface area contributed by atoms with Crippen molar-refractivity contribution in [3.8, 4) is 0 Å². The van der Waals surface area contributed by atoms with Gasteiger partial charge < -0.3 is 19.4 Å². The van der Waals surface area contributed by atoms with Crippen LogP contribution in [0.3, 0.4) is 0 Å². The number of hydrogen-bond acceptors (Lipinski definition) is 6. The third-order valence-corrected chi connectivity index (χ3v) is 7.23. The molecule has 0 bridgehead atoms. The Hall–Kier alpha value is -2.87. The maximum atomic E-state index is 13.3. The summed E-state index contributed by atoms with van der Waals surface area (Å²) in [5.74, 6) is 0.675. The first kappa shape index (κ1) is 21.9. The second-order valence-corrected chi connectivity index (χ2v) is 10.0. The number of ether oxygens (including phenoxy) is 1. The van der Waals surface area contributed by atoms with Crippen LogP contribution in [0.15, 0.2) is 35.1 Å². The van der Waals surface area contributed by atoms with E-state index in [0.29, 0.717) is 12.0 Å². The van der Waals surface area contributed by atoms with Gasteiger partial charge in [-0.2, -0.15) is 5.10 Å². The molecule has 0 radical (unpaired) electrons. The van der Waals surface area contributed by atoms with Crippen molar-refractivity contribution in [1.82, 2.24) is 9.78 Å². The molecule has 0 saturated carbocycles. The normalized spacial score (nSPS) is 20.1. The fraction of sp³-hybridized carbons (Fsp3) is 0.560. The highest BCUT2D eigenvalue weighted by Crippen LogP contribution is 2.36. The second-order valence-electron chi connectivity index (χ2n) is 10.0. The van der Waals surface area contributed by atoms with Gasteiger partial charge in [0, 0.05) is 55.7 Å². The zero-order valence-corrected chi connectivity index (χ0v) is 19.6. The highest BCUT2D eigenvalue weighted by Gasteiger charge is 2.30. The lowest BCUT2D eigenvalue weighted by atomic mass is 9.83. The Balaban J connectivity index is 1.33. The summed E-state index contributed by atoms with van der Waals surface area (Å²) >= 11 is 0. The molecule has 0 spiro atoms. The minimum Gasteiger partial charge on any atom is -0.378 e. The number of benzene rings is 1. The second kappa shape index (κ2) is 8.82. The quantitative estimate of drug-likeness (QED) is 0.711. The third kappa shape index (κ3) is 4.49. The van der Waals surface area contributed by atoms with E-state index in [-0.39, 0.29) is 18.0 Å². The van der Waals surface area contributed by atoms with E-state index < -0.39 is 0 Å². The van der Waals surface area contributed by atoms with E-state index in [9.17, 15) is 9.59 Å². The van der Waals surface area contributed by atoms with Crippen LogP contribution in [0.25, 0.3) is 0 Å². The number of piperidine rings is 1. The van der Waals surface area contributed by atoms with Crippen molar-refractivity contribution in [3.05, 3.63) is 46.2 Å². The SMILES string of the molecule is CC1(C)CCN(c2ccc(=O)n(CC(=O)N3CCc4c(N5CCOCC5)cccc43)n2)CC1. The predicted molar refractivity (Wildman–Crippen MR) is 129 cm³/mol. The van der Waals surface area contributed by atoms with Gasteiger partial charge in [0.1, 0.15) is 12.4 Å². The number of amides is 1. The van der Waals surface area contributed by atoms with Crippen molar-refractivity contribution in [3.63, 3.8) is 0 Å². The molecule has 0 N–H and O–H groups in total. The van der Waals surface area contributed by atoms with Crippen LogP contribution in [0.1, 0.15) is 32.3 Å². The van der Waals surface area contributed by atoms with E-state index >= 15 is 0 Å². The number of carbonyl (C=O) groups is 1. The zero-order chi connectivity index (χ0) is 23.0. The van der Waals surface area contributed by atoms with Crippen LogP contribution in [-0.2, 0) is 22.5 Å². The molecule has 1 amide bonds. The van der Waals surface area contributed by atoms with Gasteiger partial charge >= 0.3 is 0 Å². The molecule has 2 saturated heterocycles. The molecule has 0 aliphatic carbocycles. The minimum atomic E-state index is -0.245. The standard InChI is InChI=1S/C25H33N5O3/c1-25(2)9-12-28(13-10-25)22-6-7-23(31)30(26-22)18-24(32)29-11-8-19-20(4-3-5-21(19)29)27-14-16-33-17-15-27/h3-7H,8-18H2,1-2H3. The topological polar surface area (TPSA) is 70.9 Å². The Morgan fingerprint density at radius 3 is 2.45 bits per heavy atom. The first-order valence-electron chi connectivity index (χ1n) is 12.0. The zero-order valence-electron chi connectivity index (χ0n) is 19.6. The van der Waals surface area contributed by atoms with Gasteiger partial charge in [-0.1, -0.05) is 19.9 Å². The Bertz CT molecular complexity index is 1080. The fourth-order valence-electron chi connectivity index (χ4n) is 5.05. The van der Waals surface area contributed by atoms with Crippen molar-refractivity contribution >= 4 is 23.1 Å². The fourth-order valence-corrected chi connectivity index (χ4v) is 5.05. The van der Waals surface area contributed by atoms with Crippen molar-refractivity contribution in [2.75, 3.05) is 60.6 Å². The molecule has 5 rings (SSSR count). The smallest absolute Gasteiger partial charge is 0.267 e. The number of anilines is 3. The van der Waals surface area contributed by atoms with Crippen molar-refractivity contribution in [1.29, 1.82) is 0 Å². The van der Waals surface area contributed by atoms with Crippen molar-refractivity contribution in [2.45, 2.75) is 39.7 Å². The van der Waals surface area contributed by atoms with Gasteiger partial charge in [-0.3, -0.25) is 9.59 Å². The van der Waals surface area contributed by atoms with Crippen LogP contribution in [0.4, 0.5) is 17.2 Å². The highest BCUT2D eigenvalue weighted by molar-refractivity contribution is 5.96. The Kier molecular flexibility index (Phi) is 5.86. The number of aromatic nitrogens is 2. The number of hydrogen-bond donors (Lipinski definition) is 0. The monoisotopic (exact) mass is 451 g/mol. The molecule has 1 aromatic heterocycles. The van der Waals surface area contributed by atoms with Gasteiger partial charge in [0.05, 0.1) is 13.2 Å². The van der Waals surface area contributed by atoms with Crippen LogP contribution in [0.5, 0.6) is 0 Å². The summed E-state index contributed by atoms with van der Waals surface area (Å²) in [4.78, 5) is 32.1. The van der Waals surface area contributed by atoms with Gasteiger partial charge in [-0.05, 0) is 42.9 Å². The van der Waals surface area contributed by atoms with Gasteiger partial charge in [0.25, 0.3) is 5.56 Å². The van der Waals surface area contributed by atoms with Gasteiger partial charge in [0.2, 0.25) is 5.91 Å². The van der Waals surface area contributed by atoms with Gasteiger partial charge in [-0.25, -0.2) is 4.68 Å². The minimum absolute atomic E-state index is 0.0484. The van der Waals surface area contributed by atoms with E-state index in [1.54, 1.807) is 6.07 Å². The van der Waals surface area contributed by atoms with E-state index in [0.717, 1.165) is 70.2 Å². The van der Waals surface area contributed by atoms with Crippen molar-refractivity contribution in [2.24, 2.45) is 5.41 Å². The van der Waals surface area contributed by atoms with E-state index in [1.807, 2.05) is 17.0 Å². The summed E-state index contributed by atoms with van der Waals surface area (Å²) in [6.45, 7) is 10.2. The Morgan fingerprint density at radius 1 is 0.970 bits per heavy atom. The van der Waals surface area contributed by atoms with Crippen molar-refractivity contribution < 1.29 is 9.53 Å². The maximum Gasteiger partial charge on any atom is 0.267 e. The molecule has 8 nitrogen and oxygen atoms in total. The molecule has 1 aromatic carbocycles. The Labute approximate surface area is 194 Å². The van der Waals surface area contributed by atoms with E-state index in [4.69, 9.17) is 4.74 Å². The summed E-state index contributed by atoms with van der Waals surface area (Å²) in [5.41, 5.74) is 3.44.